The van der Waals surface area contributed by atoms with Crippen LogP contribution in [0.3, 0.4) is 0 Å². The molecule has 1 saturated heterocycles. The van der Waals surface area contributed by atoms with Gasteiger partial charge in [-0.05, 0) is 255 Å². The molecule has 22 rings (SSSR count). The van der Waals surface area contributed by atoms with Gasteiger partial charge in [0.1, 0.15) is 0 Å². The van der Waals surface area contributed by atoms with Gasteiger partial charge in [0.05, 0.1) is 0 Å². The summed E-state index contributed by atoms with van der Waals surface area (Å²) in [6.07, 6.45) is 0. The Balaban J connectivity index is 0.832. The van der Waals surface area contributed by atoms with Gasteiger partial charge in [-0.2, -0.15) is 0 Å². The van der Waals surface area contributed by atoms with E-state index in [1.54, 1.807) is 0 Å². The standard InChI is InChI=1S/C96H60B3N3/c1-7-19-67-49-73(31-25-61(67)13-1)79-37-43-91-85(55-79)88-58-82(76-34-28-64-16-4-10-22-70(64)52-76)40-46-94(88)100-97(91)101-95-47-41-83(77-35-29-65-17-5-11-23-71(65)53-77)59-89(95)86-56-81(75-33-27-63-15-3-9-21-69(63)51-75)39-45-93(86)99(101)102-96-48-42-84(78-36-30-66-18-6-12-24-72(66)54-78)60-90(96)87-57-80(38-44-92(87)98(100)102)74-32-26-62-14-2-8-20-68(62)50-74/h1-60H. The molecule has 4 heterocycles. The van der Waals surface area contributed by atoms with Gasteiger partial charge in [-0.3, -0.25) is 0 Å². The molecule has 0 spiro atoms. The number of nitrogens with zero attached hydrogens (tertiary/aromatic N) is 3. The molecule has 0 amide bonds. The van der Waals surface area contributed by atoms with E-state index in [1.165, 1.54) is 198 Å². The van der Waals surface area contributed by atoms with E-state index in [0.717, 1.165) is 0 Å². The molecule has 1 fully saturated rings. The maximum Gasteiger partial charge on any atom is 0.389 e. The van der Waals surface area contributed by atoms with E-state index in [0.29, 0.717) is 0 Å². The Morgan fingerprint density at radius 1 is 0.137 bits per heavy atom. The molecule has 0 saturated carbocycles. The van der Waals surface area contributed by atoms with E-state index in [1.807, 2.05) is 0 Å². The number of hydrogen-bond donors (Lipinski definition) is 0. The fourth-order valence-corrected chi connectivity index (χ4v) is 17.8. The third kappa shape index (κ3) is 8.92. The van der Waals surface area contributed by atoms with Gasteiger partial charge in [-0.25, -0.2) is 0 Å². The Hall–Kier alpha value is -12.9. The van der Waals surface area contributed by atoms with Crippen LogP contribution in [0.1, 0.15) is 0 Å². The van der Waals surface area contributed by atoms with Crippen LogP contribution in [0.15, 0.2) is 364 Å². The van der Waals surface area contributed by atoms with E-state index in [9.17, 15) is 0 Å². The van der Waals surface area contributed by atoms with Crippen LogP contribution in [-0.2, 0) is 0 Å². The lowest BCUT2D eigenvalue weighted by Crippen LogP contribution is -2.88. The third-order valence-electron chi connectivity index (χ3n) is 22.8. The summed E-state index contributed by atoms with van der Waals surface area (Å²) in [5.74, 6) is 0. The van der Waals surface area contributed by atoms with E-state index in [4.69, 9.17) is 0 Å². The minimum Gasteiger partial charge on any atom is -0.416 e. The van der Waals surface area contributed by atoms with Crippen LogP contribution >= 0.6 is 0 Å². The van der Waals surface area contributed by atoms with Crippen LogP contribution in [0.4, 0.5) is 17.1 Å². The van der Waals surface area contributed by atoms with Crippen molar-refractivity contribution in [2.75, 3.05) is 14.2 Å². The van der Waals surface area contributed by atoms with Crippen LogP contribution in [-0.4, -0.2) is 20.9 Å². The lowest BCUT2D eigenvalue weighted by atomic mass is 9.33. The second-order valence-corrected chi connectivity index (χ2v) is 28.3. The van der Waals surface area contributed by atoms with Crippen molar-refractivity contribution < 1.29 is 0 Å². The maximum atomic E-state index is 2.83. The molecule has 0 aromatic heterocycles. The summed E-state index contributed by atoms with van der Waals surface area (Å²) in [6, 6.07) is 139. The molecule has 0 unspecified atom stereocenters. The number of fused-ring (bicyclic) bond motifs is 27. The molecule has 4 aliphatic rings. The SMILES string of the molecule is c1ccc2cc(-c3ccc4c(c3)-c3cc(-c5ccc6ccccc6c5)ccc3N3B4N4B(c5ccc(-c6ccc7ccccc7c6)cc5-c5cc(-c6ccc7ccccc7c6)ccc54)N4B3c3ccc(-c5ccc6ccccc6c5)cc3-c3cc(-c5ccc6ccccc6c5)ccc34)ccc2c1. The summed E-state index contributed by atoms with van der Waals surface area (Å²) >= 11 is 0. The van der Waals surface area contributed by atoms with Crippen molar-refractivity contribution in [2.45, 2.75) is 0 Å². The van der Waals surface area contributed by atoms with Crippen molar-refractivity contribution >= 4 is 119 Å². The minimum atomic E-state index is -0.305. The molecular weight excluding hydrogens is 1230 g/mol. The minimum absolute atomic E-state index is 0.305. The maximum absolute atomic E-state index is 2.83. The Morgan fingerprint density at radius 2 is 0.304 bits per heavy atom. The van der Waals surface area contributed by atoms with E-state index >= 15 is 0 Å². The van der Waals surface area contributed by atoms with Gasteiger partial charge in [0, 0.05) is 33.8 Å². The average Bonchev–Trinajstić information content (AvgIpc) is 0.673. The van der Waals surface area contributed by atoms with Crippen LogP contribution in [0.2, 0.25) is 0 Å². The molecule has 0 aliphatic carbocycles. The fourth-order valence-electron chi connectivity index (χ4n) is 17.8. The first-order valence-electron chi connectivity index (χ1n) is 35.7. The van der Waals surface area contributed by atoms with E-state index < -0.39 is 0 Å². The van der Waals surface area contributed by atoms with Crippen molar-refractivity contribution in [3.63, 3.8) is 0 Å². The highest BCUT2D eigenvalue weighted by Gasteiger charge is 2.61. The second-order valence-electron chi connectivity index (χ2n) is 28.3. The highest BCUT2D eigenvalue weighted by atomic mass is 15.3. The van der Waals surface area contributed by atoms with Crippen LogP contribution in [0.5, 0.6) is 0 Å². The first-order valence-corrected chi connectivity index (χ1v) is 35.7. The molecule has 18 aromatic carbocycles. The van der Waals surface area contributed by atoms with E-state index in [2.05, 4.69) is 378 Å². The number of anilines is 3. The summed E-state index contributed by atoms with van der Waals surface area (Å²) in [6.45, 7) is -0.914. The molecule has 0 atom stereocenters. The molecule has 102 heavy (non-hydrogen) atoms. The molecule has 4 aliphatic heterocycles. The molecular formula is C96H60B3N3. The molecule has 0 radical (unpaired) electrons. The van der Waals surface area contributed by atoms with Crippen molar-refractivity contribution in [3.8, 4) is 100 Å². The molecule has 6 heteroatoms. The first kappa shape index (κ1) is 57.1. The smallest absolute Gasteiger partial charge is 0.389 e. The van der Waals surface area contributed by atoms with Crippen LogP contribution in [0, 0.1) is 0 Å². The van der Waals surface area contributed by atoms with Gasteiger partial charge in [0.15, 0.2) is 0 Å². The average molecular weight is 1290 g/mol. The molecule has 0 N–H and O–H groups in total. The topological polar surface area (TPSA) is 9.72 Å². The highest BCUT2D eigenvalue weighted by Crippen LogP contribution is 2.52. The monoisotopic (exact) mass is 1290 g/mol. The molecule has 0 bridgehead atoms. The summed E-state index contributed by atoms with van der Waals surface area (Å²) in [5.41, 5.74) is 29.0. The van der Waals surface area contributed by atoms with Crippen LogP contribution < -0.4 is 30.6 Å². The Morgan fingerprint density at radius 3 is 0.520 bits per heavy atom. The van der Waals surface area contributed by atoms with Crippen molar-refractivity contribution in [3.05, 3.63) is 364 Å². The Bertz CT molecular complexity index is 5570. The van der Waals surface area contributed by atoms with Gasteiger partial charge in [-0.1, -0.05) is 273 Å². The molecule has 3 nitrogen and oxygen atoms in total. The van der Waals surface area contributed by atoms with Gasteiger partial charge in [-0.15, -0.1) is 0 Å². The summed E-state index contributed by atoms with van der Waals surface area (Å²) in [5, 5.41) is 14.8. The van der Waals surface area contributed by atoms with Gasteiger partial charge in [0.2, 0.25) is 0 Å². The van der Waals surface area contributed by atoms with Crippen molar-refractivity contribution in [1.29, 1.82) is 0 Å². The fraction of sp³-hybridized carbons (Fsp3) is 0. The zero-order valence-electron chi connectivity index (χ0n) is 55.7. The molecule has 18 aromatic rings. The zero-order chi connectivity index (χ0) is 66.7. The van der Waals surface area contributed by atoms with Gasteiger partial charge in [0.25, 0.3) is 0 Å². The number of hydrogen-bond acceptors (Lipinski definition) is 3. The van der Waals surface area contributed by atoms with Crippen LogP contribution in [0.25, 0.3) is 165 Å². The van der Waals surface area contributed by atoms with Gasteiger partial charge >= 0.3 is 20.9 Å². The van der Waals surface area contributed by atoms with Crippen molar-refractivity contribution in [2.24, 2.45) is 0 Å². The number of benzene rings is 18. The predicted octanol–water partition coefficient (Wildman–Crippen LogP) is 22.6. The normalized spacial score (nSPS) is 13.2. The largest absolute Gasteiger partial charge is 0.416 e. The summed E-state index contributed by atoms with van der Waals surface area (Å²) in [7, 11) is 0. The quantitative estimate of drug-likeness (QED) is 0.154. The third-order valence-corrected chi connectivity index (χ3v) is 22.8. The van der Waals surface area contributed by atoms with Crippen molar-refractivity contribution in [1.82, 2.24) is 0 Å². The first-order chi connectivity index (χ1) is 50.5. The lowest BCUT2D eigenvalue weighted by molar-refractivity contribution is 1.27. The highest BCUT2D eigenvalue weighted by molar-refractivity contribution is 7.16. The summed E-state index contributed by atoms with van der Waals surface area (Å²) < 4.78 is 8.49. The van der Waals surface area contributed by atoms with E-state index in [-0.39, 0.29) is 20.9 Å². The predicted molar refractivity (Wildman–Crippen MR) is 437 cm³/mol. The summed E-state index contributed by atoms with van der Waals surface area (Å²) in [4.78, 5) is 0. The lowest BCUT2D eigenvalue weighted by Gasteiger charge is -2.61. The molecule has 468 valence electrons. The zero-order valence-corrected chi connectivity index (χ0v) is 55.7. The number of rotatable bonds is 6. The Labute approximate surface area is 593 Å². The van der Waals surface area contributed by atoms with Gasteiger partial charge < -0.3 is 14.2 Å². The second kappa shape index (κ2) is 22.3. The Kier molecular flexibility index (Phi) is 12.5.